The summed E-state index contributed by atoms with van der Waals surface area (Å²) in [5.74, 6) is 0.854. The van der Waals surface area contributed by atoms with E-state index in [0.717, 1.165) is 48.4 Å². The second-order valence-corrected chi connectivity index (χ2v) is 5.92. The van der Waals surface area contributed by atoms with Crippen LogP contribution in [0.25, 0.3) is 0 Å². The van der Waals surface area contributed by atoms with Gasteiger partial charge in [0.15, 0.2) is 0 Å². The highest BCUT2D eigenvalue weighted by Gasteiger charge is 2.22. The highest BCUT2D eigenvalue weighted by Crippen LogP contribution is 2.34. The maximum atomic E-state index is 12.0. The summed E-state index contributed by atoms with van der Waals surface area (Å²) < 4.78 is 0. The first kappa shape index (κ1) is 12.7. The smallest absolute Gasteiger partial charge is 0.251 e. The van der Waals surface area contributed by atoms with Gasteiger partial charge < -0.3 is 11.1 Å². The van der Waals surface area contributed by atoms with Crippen LogP contribution in [-0.2, 0) is 6.42 Å². The van der Waals surface area contributed by atoms with Gasteiger partial charge in [-0.05, 0) is 42.4 Å². The highest BCUT2D eigenvalue weighted by molar-refractivity contribution is 5.96. The molecule has 1 aliphatic carbocycles. The van der Waals surface area contributed by atoms with Gasteiger partial charge in [-0.3, -0.25) is 4.79 Å². The summed E-state index contributed by atoms with van der Waals surface area (Å²) in [4.78, 5) is 12.0. The van der Waals surface area contributed by atoms with E-state index in [1.54, 1.807) is 0 Å². The quantitative estimate of drug-likeness (QED) is 0.875. The zero-order valence-electron chi connectivity index (χ0n) is 11.3. The summed E-state index contributed by atoms with van der Waals surface area (Å²) in [5, 5.41) is 2.95. The lowest BCUT2D eigenvalue weighted by molar-refractivity contribution is 0.0956. The third-order valence-electron chi connectivity index (χ3n) is 4.53. The van der Waals surface area contributed by atoms with E-state index >= 15 is 0 Å². The Kier molecular flexibility index (Phi) is 3.56. The van der Waals surface area contributed by atoms with Crippen LogP contribution in [0.1, 0.15) is 59.6 Å². The summed E-state index contributed by atoms with van der Waals surface area (Å²) in [7, 11) is 0. The minimum atomic E-state index is 0.0604. The number of hydrogen-bond donors (Lipinski definition) is 2. The molecule has 0 bridgehead atoms. The van der Waals surface area contributed by atoms with Gasteiger partial charge in [0.25, 0.3) is 5.91 Å². The Morgan fingerprint density at radius 3 is 2.89 bits per heavy atom. The predicted molar refractivity (Wildman–Crippen MR) is 76.0 cm³/mol. The third kappa shape index (κ3) is 2.66. The lowest BCUT2D eigenvalue weighted by Crippen LogP contribution is -2.24. The molecule has 19 heavy (non-hydrogen) atoms. The van der Waals surface area contributed by atoms with E-state index in [1.807, 2.05) is 6.07 Å². The maximum Gasteiger partial charge on any atom is 0.251 e. The van der Waals surface area contributed by atoms with Crippen molar-refractivity contribution in [3.8, 4) is 0 Å². The summed E-state index contributed by atoms with van der Waals surface area (Å²) in [6.45, 7) is 0.775. The normalized spacial score (nSPS) is 21.0. The van der Waals surface area contributed by atoms with Crippen molar-refractivity contribution < 1.29 is 4.79 Å². The van der Waals surface area contributed by atoms with Crippen molar-refractivity contribution in [3.05, 3.63) is 34.9 Å². The van der Waals surface area contributed by atoms with Gasteiger partial charge in [-0.1, -0.05) is 31.4 Å². The van der Waals surface area contributed by atoms with Gasteiger partial charge in [0, 0.05) is 18.2 Å². The summed E-state index contributed by atoms with van der Waals surface area (Å²) in [6, 6.07) is 6.29. The van der Waals surface area contributed by atoms with Crippen LogP contribution in [0.2, 0.25) is 0 Å². The fourth-order valence-electron chi connectivity index (χ4n) is 3.05. The second kappa shape index (κ2) is 5.33. The van der Waals surface area contributed by atoms with Crippen LogP contribution >= 0.6 is 0 Å². The first-order valence-corrected chi connectivity index (χ1v) is 7.40. The molecule has 1 unspecified atom stereocenters. The van der Waals surface area contributed by atoms with Crippen LogP contribution in [-0.4, -0.2) is 12.5 Å². The molecule has 0 radical (unpaired) electrons. The largest absolute Gasteiger partial charge is 0.352 e. The minimum absolute atomic E-state index is 0.0604. The minimum Gasteiger partial charge on any atom is -0.352 e. The lowest BCUT2D eigenvalue weighted by atomic mass is 9.79. The Morgan fingerprint density at radius 2 is 2.16 bits per heavy atom. The van der Waals surface area contributed by atoms with E-state index in [2.05, 4.69) is 17.4 Å². The lowest BCUT2D eigenvalue weighted by Gasteiger charge is -2.28. The monoisotopic (exact) mass is 258 g/mol. The van der Waals surface area contributed by atoms with E-state index in [0.29, 0.717) is 0 Å². The molecular weight excluding hydrogens is 236 g/mol. The van der Waals surface area contributed by atoms with Crippen molar-refractivity contribution in [1.29, 1.82) is 0 Å². The molecule has 2 aliphatic rings. The number of carbonyl (C=O) groups is 1. The number of nitrogens with two attached hydrogens (primary N) is 1. The van der Waals surface area contributed by atoms with Gasteiger partial charge in [0.2, 0.25) is 0 Å². The molecule has 1 amide bonds. The average Bonchev–Trinajstić information content (AvgIpc) is 2.55. The average molecular weight is 258 g/mol. The molecule has 1 saturated carbocycles. The highest BCUT2D eigenvalue weighted by atomic mass is 16.1. The van der Waals surface area contributed by atoms with Crippen LogP contribution in [0.15, 0.2) is 18.2 Å². The molecule has 0 saturated heterocycles. The number of fused-ring (bicyclic) bond motifs is 1. The molecule has 1 heterocycles. The molecule has 3 heteroatoms. The predicted octanol–water partition coefficient (Wildman–Crippen LogP) is 2.55. The number of benzene rings is 1. The van der Waals surface area contributed by atoms with E-state index in [4.69, 9.17) is 5.73 Å². The second-order valence-electron chi connectivity index (χ2n) is 5.92. The van der Waals surface area contributed by atoms with E-state index < -0.39 is 0 Å². The van der Waals surface area contributed by atoms with Crippen molar-refractivity contribution in [2.45, 2.75) is 44.6 Å². The number of amides is 1. The van der Waals surface area contributed by atoms with Gasteiger partial charge in [-0.15, -0.1) is 0 Å². The molecule has 3 rings (SSSR count). The molecule has 0 spiro atoms. The fraction of sp³-hybridized carbons (Fsp3) is 0.562. The Balaban J connectivity index is 1.80. The van der Waals surface area contributed by atoms with Crippen LogP contribution < -0.4 is 11.1 Å². The van der Waals surface area contributed by atoms with Crippen molar-refractivity contribution in [2.24, 2.45) is 11.7 Å². The van der Waals surface area contributed by atoms with E-state index in [9.17, 15) is 4.79 Å². The van der Waals surface area contributed by atoms with Gasteiger partial charge in [-0.25, -0.2) is 0 Å². The zero-order valence-corrected chi connectivity index (χ0v) is 11.3. The van der Waals surface area contributed by atoms with Crippen LogP contribution in [0.3, 0.4) is 0 Å². The molecule has 1 fully saturated rings. The molecule has 0 aromatic heterocycles. The van der Waals surface area contributed by atoms with Crippen molar-refractivity contribution in [1.82, 2.24) is 5.32 Å². The number of rotatable bonds is 3. The van der Waals surface area contributed by atoms with Gasteiger partial charge in [0.05, 0.1) is 0 Å². The topological polar surface area (TPSA) is 55.1 Å². The number of nitrogens with one attached hydrogen (secondary N) is 1. The molecule has 1 atom stereocenters. The van der Waals surface area contributed by atoms with Crippen LogP contribution in [0, 0.1) is 5.92 Å². The van der Waals surface area contributed by atoms with Gasteiger partial charge in [0.1, 0.15) is 0 Å². The Labute approximate surface area is 114 Å². The molecule has 3 nitrogen and oxygen atoms in total. The molecular formula is C16H22N2O. The SMILES string of the molecule is NC(CC1CCC1)c1ccc2c(c1)C(=O)NCCC2. The summed E-state index contributed by atoms with van der Waals surface area (Å²) in [5.41, 5.74) is 9.40. The first-order valence-electron chi connectivity index (χ1n) is 7.40. The van der Waals surface area contributed by atoms with E-state index in [-0.39, 0.29) is 11.9 Å². The Bertz CT molecular complexity index is 480. The summed E-state index contributed by atoms with van der Waals surface area (Å²) >= 11 is 0. The van der Waals surface area contributed by atoms with Crippen molar-refractivity contribution in [3.63, 3.8) is 0 Å². The first-order chi connectivity index (χ1) is 9.24. The standard InChI is InChI=1S/C16H22N2O/c17-15(9-11-3-1-4-11)13-7-6-12-5-2-8-18-16(19)14(12)10-13/h6-7,10-11,15H,1-5,8-9,17H2,(H,18,19). The van der Waals surface area contributed by atoms with Crippen LogP contribution in [0.5, 0.6) is 0 Å². The Morgan fingerprint density at radius 1 is 1.32 bits per heavy atom. The molecule has 1 aliphatic heterocycles. The zero-order chi connectivity index (χ0) is 13.2. The van der Waals surface area contributed by atoms with Gasteiger partial charge >= 0.3 is 0 Å². The van der Waals surface area contributed by atoms with Crippen molar-refractivity contribution >= 4 is 5.91 Å². The molecule has 102 valence electrons. The van der Waals surface area contributed by atoms with Crippen molar-refractivity contribution in [2.75, 3.05) is 6.54 Å². The van der Waals surface area contributed by atoms with E-state index in [1.165, 1.54) is 19.3 Å². The molecule has 3 N–H and O–H groups in total. The number of carbonyl (C=O) groups excluding carboxylic acids is 1. The number of hydrogen-bond acceptors (Lipinski definition) is 2. The summed E-state index contributed by atoms with van der Waals surface area (Å²) in [6.07, 6.45) is 7.04. The number of aryl methyl sites for hydroxylation is 1. The van der Waals surface area contributed by atoms with Crippen LogP contribution in [0.4, 0.5) is 0 Å². The van der Waals surface area contributed by atoms with Gasteiger partial charge in [-0.2, -0.15) is 0 Å². The fourth-order valence-corrected chi connectivity index (χ4v) is 3.05. The third-order valence-corrected chi connectivity index (χ3v) is 4.53. The Hall–Kier alpha value is -1.35. The maximum absolute atomic E-state index is 12.0. The molecule has 1 aromatic rings. The molecule has 1 aromatic carbocycles.